The predicted octanol–water partition coefficient (Wildman–Crippen LogP) is 3.20. The maximum Gasteiger partial charge on any atom is 0.0284 e. The predicted molar refractivity (Wildman–Crippen MR) is 87.2 cm³/mol. The van der Waals surface area contributed by atoms with Gasteiger partial charge in [-0.3, -0.25) is 0 Å². The zero-order valence-corrected chi connectivity index (χ0v) is 11.6. The van der Waals surface area contributed by atoms with Crippen LogP contribution in [0.15, 0.2) is 84.0 Å². The molecule has 0 aromatic heterocycles. The normalized spacial score (nSPS) is 20.6. The molecule has 2 aromatic carbocycles. The molecule has 5 rings (SSSR count). The van der Waals surface area contributed by atoms with Crippen LogP contribution < -0.4 is 10.4 Å². The summed E-state index contributed by atoms with van der Waals surface area (Å²) < 4.78 is 0. The fraction of sp³-hybridized carbons (Fsp3) is 0.0476. The monoisotopic (exact) mass is 266 g/mol. The maximum atomic E-state index is 2.35. The minimum atomic E-state index is 0.399. The number of hydrogen-bond acceptors (Lipinski definition) is 0. The molecule has 0 aliphatic heterocycles. The molecule has 21 heavy (non-hydrogen) atoms. The van der Waals surface area contributed by atoms with E-state index in [-0.39, 0.29) is 0 Å². The van der Waals surface area contributed by atoms with Crippen LogP contribution in [-0.2, 0) is 0 Å². The van der Waals surface area contributed by atoms with Crippen molar-refractivity contribution in [2.45, 2.75) is 5.92 Å². The Bertz CT molecular complexity index is 981. The number of hydrogen-bond donors (Lipinski definition) is 0. The fourth-order valence-electron chi connectivity index (χ4n) is 3.81. The molecule has 0 fully saturated rings. The molecule has 0 N–H and O–H groups in total. The zero-order valence-electron chi connectivity index (χ0n) is 11.6. The van der Waals surface area contributed by atoms with E-state index in [1.54, 1.807) is 0 Å². The molecule has 0 bridgehead atoms. The van der Waals surface area contributed by atoms with Gasteiger partial charge in [0, 0.05) is 5.92 Å². The number of rotatable bonds is 0. The summed E-state index contributed by atoms with van der Waals surface area (Å²) in [5.41, 5.74) is 7.06. The van der Waals surface area contributed by atoms with Crippen LogP contribution in [-0.4, -0.2) is 0 Å². The van der Waals surface area contributed by atoms with E-state index in [2.05, 4.69) is 78.9 Å². The molecule has 3 aliphatic rings. The third-order valence-electron chi connectivity index (χ3n) is 4.70. The van der Waals surface area contributed by atoms with E-state index in [9.17, 15) is 0 Å². The lowest BCUT2D eigenvalue weighted by Gasteiger charge is -2.29. The lowest BCUT2D eigenvalue weighted by atomic mass is 9.74. The summed E-state index contributed by atoms with van der Waals surface area (Å²) in [7, 11) is 0. The molecule has 0 amide bonds. The van der Waals surface area contributed by atoms with E-state index >= 15 is 0 Å². The Labute approximate surface area is 123 Å². The zero-order chi connectivity index (χ0) is 13.8. The lowest BCUT2D eigenvalue weighted by molar-refractivity contribution is 0.988. The first-order valence-corrected chi connectivity index (χ1v) is 7.43. The minimum absolute atomic E-state index is 0.399. The topological polar surface area (TPSA) is 0 Å². The van der Waals surface area contributed by atoms with E-state index in [1.807, 2.05) is 0 Å². The fourth-order valence-corrected chi connectivity index (χ4v) is 3.81. The second kappa shape index (κ2) is 3.95. The van der Waals surface area contributed by atoms with Crippen LogP contribution in [0.4, 0.5) is 0 Å². The molecule has 0 heteroatoms. The quantitative estimate of drug-likeness (QED) is 0.687. The standard InChI is InChI=1S/C21H14/c1-2-8-15-14(7-1)13-20-18-11-4-3-9-16(18)17-10-5-6-12-19(17)21(15)20/h1-13,16H. The molecular formula is C21H14. The lowest BCUT2D eigenvalue weighted by Crippen LogP contribution is -2.23. The van der Waals surface area contributed by atoms with Gasteiger partial charge >= 0.3 is 0 Å². The van der Waals surface area contributed by atoms with Gasteiger partial charge in [-0.1, -0.05) is 72.8 Å². The highest BCUT2D eigenvalue weighted by Crippen LogP contribution is 2.44. The molecular weight excluding hydrogens is 252 g/mol. The first-order valence-electron chi connectivity index (χ1n) is 7.43. The molecule has 0 saturated carbocycles. The summed E-state index contributed by atoms with van der Waals surface area (Å²) in [4.78, 5) is 0. The Morgan fingerprint density at radius 1 is 0.810 bits per heavy atom. The Morgan fingerprint density at radius 2 is 1.67 bits per heavy atom. The van der Waals surface area contributed by atoms with Crippen molar-refractivity contribution in [3.05, 3.63) is 106 Å². The average molecular weight is 266 g/mol. The summed E-state index contributed by atoms with van der Waals surface area (Å²) in [6.45, 7) is 0. The van der Waals surface area contributed by atoms with Gasteiger partial charge in [-0.25, -0.2) is 0 Å². The van der Waals surface area contributed by atoms with Crippen LogP contribution in [0.3, 0.4) is 0 Å². The second-order valence-corrected chi connectivity index (χ2v) is 5.78. The molecule has 3 aliphatic carbocycles. The number of benzene rings is 2. The van der Waals surface area contributed by atoms with Crippen molar-refractivity contribution in [3.8, 4) is 0 Å². The van der Waals surface area contributed by atoms with Crippen LogP contribution >= 0.6 is 0 Å². The van der Waals surface area contributed by atoms with Crippen LogP contribution in [0.1, 0.15) is 17.0 Å². The van der Waals surface area contributed by atoms with E-state index in [0.29, 0.717) is 5.92 Å². The van der Waals surface area contributed by atoms with Gasteiger partial charge in [-0.05, 0) is 44.4 Å². The van der Waals surface area contributed by atoms with Crippen LogP contribution in [0.2, 0.25) is 0 Å². The van der Waals surface area contributed by atoms with Crippen LogP contribution in [0, 0.1) is 0 Å². The Hall–Kier alpha value is -2.60. The van der Waals surface area contributed by atoms with Crippen LogP contribution in [0.25, 0.3) is 11.6 Å². The molecule has 1 atom stereocenters. The van der Waals surface area contributed by atoms with E-state index < -0.39 is 0 Å². The van der Waals surface area contributed by atoms with Gasteiger partial charge in [-0.15, -0.1) is 0 Å². The van der Waals surface area contributed by atoms with Gasteiger partial charge < -0.3 is 0 Å². The molecule has 98 valence electrons. The van der Waals surface area contributed by atoms with E-state index in [0.717, 1.165) is 0 Å². The van der Waals surface area contributed by atoms with Crippen molar-refractivity contribution in [1.82, 2.24) is 0 Å². The Morgan fingerprint density at radius 3 is 2.67 bits per heavy atom. The van der Waals surface area contributed by atoms with Gasteiger partial charge in [0.2, 0.25) is 0 Å². The minimum Gasteiger partial charge on any atom is -0.0726 e. The first kappa shape index (κ1) is 11.1. The van der Waals surface area contributed by atoms with Crippen molar-refractivity contribution in [1.29, 1.82) is 0 Å². The van der Waals surface area contributed by atoms with Crippen molar-refractivity contribution in [2.75, 3.05) is 0 Å². The van der Waals surface area contributed by atoms with Crippen molar-refractivity contribution >= 4 is 11.6 Å². The average Bonchev–Trinajstić information content (AvgIpc) is 2.95. The first-order chi connectivity index (χ1) is 10.4. The van der Waals surface area contributed by atoms with Crippen molar-refractivity contribution in [2.24, 2.45) is 0 Å². The Kier molecular flexibility index (Phi) is 2.09. The summed E-state index contributed by atoms with van der Waals surface area (Å²) in [5, 5.41) is 2.71. The van der Waals surface area contributed by atoms with E-state index in [4.69, 9.17) is 0 Å². The van der Waals surface area contributed by atoms with Gasteiger partial charge in [0.15, 0.2) is 0 Å². The van der Waals surface area contributed by atoms with Gasteiger partial charge in [-0.2, -0.15) is 0 Å². The second-order valence-electron chi connectivity index (χ2n) is 5.78. The third kappa shape index (κ3) is 1.39. The number of fused-ring (bicyclic) bond motifs is 6. The summed E-state index contributed by atoms with van der Waals surface area (Å²) >= 11 is 0. The van der Waals surface area contributed by atoms with Crippen molar-refractivity contribution in [3.63, 3.8) is 0 Å². The Balaban J connectivity index is 2.00. The summed E-state index contributed by atoms with van der Waals surface area (Å²) in [6.07, 6.45) is 11.3. The molecule has 2 aromatic rings. The molecule has 0 saturated heterocycles. The highest BCUT2D eigenvalue weighted by molar-refractivity contribution is 5.96. The van der Waals surface area contributed by atoms with Crippen molar-refractivity contribution < 1.29 is 0 Å². The SMILES string of the molecule is C1=CC2=C3C=c4ccccc4=C3c3ccccc3C2C=C1. The number of allylic oxidation sites excluding steroid dienone is 6. The molecule has 0 heterocycles. The molecule has 0 spiro atoms. The van der Waals surface area contributed by atoms with E-state index in [1.165, 1.54) is 38.3 Å². The molecule has 0 nitrogen and oxygen atoms in total. The largest absolute Gasteiger partial charge is 0.0726 e. The van der Waals surface area contributed by atoms with Gasteiger partial charge in [0.25, 0.3) is 0 Å². The summed E-state index contributed by atoms with van der Waals surface area (Å²) in [6, 6.07) is 17.6. The third-order valence-corrected chi connectivity index (χ3v) is 4.70. The maximum absolute atomic E-state index is 2.35. The highest BCUT2D eigenvalue weighted by atomic mass is 14.3. The van der Waals surface area contributed by atoms with Crippen LogP contribution in [0.5, 0.6) is 0 Å². The van der Waals surface area contributed by atoms with Gasteiger partial charge in [0.1, 0.15) is 0 Å². The highest BCUT2D eigenvalue weighted by Gasteiger charge is 2.29. The smallest absolute Gasteiger partial charge is 0.0284 e. The molecule has 0 radical (unpaired) electrons. The van der Waals surface area contributed by atoms with Gasteiger partial charge in [0.05, 0.1) is 0 Å². The summed E-state index contributed by atoms with van der Waals surface area (Å²) in [5.74, 6) is 0.399. The molecule has 1 unspecified atom stereocenters.